The molecule has 3 heteroatoms. The minimum Gasteiger partial charge on any atom is -0.436 e. The third-order valence-corrected chi connectivity index (χ3v) is 2.51. The number of aromatic nitrogens is 1. The van der Waals surface area contributed by atoms with Gasteiger partial charge in [-0.3, -0.25) is 0 Å². The fourth-order valence-corrected chi connectivity index (χ4v) is 1.65. The summed E-state index contributed by atoms with van der Waals surface area (Å²) >= 11 is 0. The van der Waals surface area contributed by atoms with E-state index in [4.69, 9.17) is 9.26 Å². The van der Waals surface area contributed by atoms with Crippen LogP contribution in [-0.2, 0) is 0 Å². The number of hydrogen-bond acceptors (Lipinski definition) is 3. The quantitative estimate of drug-likeness (QED) is 0.686. The van der Waals surface area contributed by atoms with Gasteiger partial charge in [-0.1, -0.05) is 48.5 Å². The highest BCUT2D eigenvalue weighted by atomic mass is 16.5. The maximum Gasteiger partial charge on any atom is 0.260 e. The van der Waals surface area contributed by atoms with Crippen LogP contribution in [0.1, 0.15) is 0 Å². The molecule has 0 aliphatic carbocycles. The summed E-state index contributed by atoms with van der Waals surface area (Å²) in [6, 6.07) is 21.1. The molecule has 0 fully saturated rings. The van der Waals surface area contributed by atoms with E-state index in [1.807, 2.05) is 60.7 Å². The number of ether oxygens (including phenoxy) is 1. The van der Waals surface area contributed by atoms with Gasteiger partial charge in [-0.25, -0.2) is 0 Å². The summed E-state index contributed by atoms with van der Waals surface area (Å²) in [6.07, 6.45) is 0. The Labute approximate surface area is 105 Å². The average molecular weight is 237 g/mol. The molecule has 88 valence electrons. The van der Waals surface area contributed by atoms with Crippen molar-refractivity contribution >= 4 is 0 Å². The van der Waals surface area contributed by atoms with Crippen molar-refractivity contribution < 1.29 is 9.26 Å². The molecule has 3 nitrogen and oxygen atoms in total. The van der Waals surface area contributed by atoms with E-state index in [1.165, 1.54) is 0 Å². The van der Waals surface area contributed by atoms with Crippen LogP contribution < -0.4 is 4.74 Å². The number of hydrogen-bond donors (Lipinski definition) is 0. The van der Waals surface area contributed by atoms with Crippen molar-refractivity contribution in [2.75, 3.05) is 0 Å². The molecule has 3 rings (SSSR count). The Morgan fingerprint density at radius 3 is 2.22 bits per heavy atom. The molecule has 0 amide bonds. The molecule has 1 heterocycles. The molecule has 1 aromatic heterocycles. The van der Waals surface area contributed by atoms with Crippen molar-refractivity contribution in [2.24, 2.45) is 0 Å². The standard InChI is InChI=1S/C15H11NO2/c1-3-7-12(8-4-1)14-11-15(16-18-14)17-13-9-5-2-6-10-13/h1-11H. The van der Waals surface area contributed by atoms with Gasteiger partial charge in [0.2, 0.25) is 0 Å². The SMILES string of the molecule is c1ccc(Oc2cc(-c3ccccc3)on2)cc1. The molecular formula is C15H11NO2. The van der Waals surface area contributed by atoms with Crippen LogP contribution >= 0.6 is 0 Å². The van der Waals surface area contributed by atoms with Crippen LogP contribution in [0.4, 0.5) is 0 Å². The lowest BCUT2D eigenvalue weighted by Crippen LogP contribution is -1.81. The molecule has 18 heavy (non-hydrogen) atoms. The highest BCUT2D eigenvalue weighted by molar-refractivity contribution is 5.57. The van der Waals surface area contributed by atoms with Gasteiger partial charge in [-0.05, 0) is 17.3 Å². The third-order valence-electron chi connectivity index (χ3n) is 2.51. The number of benzene rings is 2. The molecule has 0 unspecified atom stereocenters. The zero-order valence-corrected chi connectivity index (χ0v) is 9.61. The molecule has 2 aromatic carbocycles. The first kappa shape index (κ1) is 10.6. The van der Waals surface area contributed by atoms with Gasteiger partial charge in [0.1, 0.15) is 5.75 Å². The van der Waals surface area contributed by atoms with Crippen LogP contribution in [0.15, 0.2) is 71.3 Å². The fraction of sp³-hybridized carbons (Fsp3) is 0. The van der Waals surface area contributed by atoms with E-state index in [0.717, 1.165) is 11.3 Å². The van der Waals surface area contributed by atoms with Gasteiger partial charge >= 0.3 is 0 Å². The van der Waals surface area contributed by atoms with Gasteiger partial charge in [0, 0.05) is 5.56 Å². The molecule has 0 atom stereocenters. The summed E-state index contributed by atoms with van der Waals surface area (Å²) in [5, 5.41) is 3.89. The molecule has 0 bridgehead atoms. The Morgan fingerprint density at radius 2 is 1.50 bits per heavy atom. The lowest BCUT2D eigenvalue weighted by Gasteiger charge is -1.98. The molecule has 0 radical (unpaired) electrons. The molecule has 0 saturated heterocycles. The van der Waals surface area contributed by atoms with E-state index in [0.29, 0.717) is 11.6 Å². The molecule has 0 aliphatic rings. The molecule has 0 aliphatic heterocycles. The van der Waals surface area contributed by atoms with Crippen LogP contribution in [0.5, 0.6) is 11.6 Å². The second-order valence-electron chi connectivity index (χ2n) is 3.81. The van der Waals surface area contributed by atoms with E-state index < -0.39 is 0 Å². The van der Waals surface area contributed by atoms with E-state index in [1.54, 1.807) is 6.07 Å². The Morgan fingerprint density at radius 1 is 0.833 bits per heavy atom. The van der Waals surface area contributed by atoms with Gasteiger partial charge in [0.15, 0.2) is 5.76 Å². The van der Waals surface area contributed by atoms with Crippen LogP contribution in [0.3, 0.4) is 0 Å². The fourth-order valence-electron chi connectivity index (χ4n) is 1.65. The summed E-state index contributed by atoms with van der Waals surface area (Å²) in [7, 11) is 0. The number of nitrogens with zero attached hydrogens (tertiary/aromatic N) is 1. The van der Waals surface area contributed by atoms with Crippen molar-refractivity contribution in [1.29, 1.82) is 0 Å². The van der Waals surface area contributed by atoms with E-state index in [9.17, 15) is 0 Å². The Bertz CT molecular complexity index is 617. The van der Waals surface area contributed by atoms with Crippen molar-refractivity contribution in [1.82, 2.24) is 5.16 Å². The molecule has 3 aromatic rings. The summed E-state index contributed by atoms with van der Waals surface area (Å²) in [5.74, 6) is 1.90. The summed E-state index contributed by atoms with van der Waals surface area (Å²) < 4.78 is 10.8. The van der Waals surface area contributed by atoms with Crippen molar-refractivity contribution in [3.8, 4) is 23.0 Å². The molecule has 0 saturated carbocycles. The lowest BCUT2D eigenvalue weighted by atomic mass is 10.2. The Balaban J connectivity index is 1.82. The maximum atomic E-state index is 5.58. The van der Waals surface area contributed by atoms with Gasteiger partial charge in [0.05, 0.1) is 6.07 Å². The lowest BCUT2D eigenvalue weighted by molar-refractivity contribution is 0.373. The van der Waals surface area contributed by atoms with Gasteiger partial charge < -0.3 is 9.26 Å². The normalized spacial score (nSPS) is 10.2. The molecule has 0 N–H and O–H groups in total. The molecule has 0 spiro atoms. The van der Waals surface area contributed by atoms with Crippen LogP contribution in [-0.4, -0.2) is 5.16 Å². The van der Waals surface area contributed by atoms with Crippen molar-refractivity contribution in [3.63, 3.8) is 0 Å². The van der Waals surface area contributed by atoms with Gasteiger partial charge in [0.25, 0.3) is 5.88 Å². The third kappa shape index (κ3) is 2.25. The zero-order chi connectivity index (χ0) is 12.2. The van der Waals surface area contributed by atoms with E-state index in [-0.39, 0.29) is 0 Å². The first-order valence-electron chi connectivity index (χ1n) is 5.67. The zero-order valence-electron chi connectivity index (χ0n) is 9.61. The second kappa shape index (κ2) is 4.75. The summed E-state index contributed by atoms with van der Waals surface area (Å²) in [6.45, 7) is 0. The highest BCUT2D eigenvalue weighted by Crippen LogP contribution is 2.26. The molecular weight excluding hydrogens is 226 g/mol. The van der Waals surface area contributed by atoms with Gasteiger partial charge in [-0.15, -0.1) is 0 Å². The Kier molecular flexibility index (Phi) is 2.80. The van der Waals surface area contributed by atoms with Crippen molar-refractivity contribution in [2.45, 2.75) is 0 Å². The minimum atomic E-state index is 0.458. The van der Waals surface area contributed by atoms with Crippen LogP contribution in [0.25, 0.3) is 11.3 Å². The largest absolute Gasteiger partial charge is 0.436 e. The highest BCUT2D eigenvalue weighted by Gasteiger charge is 2.07. The first-order valence-corrected chi connectivity index (χ1v) is 5.67. The predicted molar refractivity (Wildman–Crippen MR) is 68.5 cm³/mol. The Hall–Kier alpha value is -2.55. The van der Waals surface area contributed by atoms with E-state index >= 15 is 0 Å². The maximum absolute atomic E-state index is 5.58. The second-order valence-corrected chi connectivity index (χ2v) is 3.81. The van der Waals surface area contributed by atoms with Crippen molar-refractivity contribution in [3.05, 3.63) is 66.7 Å². The number of rotatable bonds is 3. The number of para-hydroxylation sites is 1. The van der Waals surface area contributed by atoms with Crippen LogP contribution in [0.2, 0.25) is 0 Å². The van der Waals surface area contributed by atoms with Gasteiger partial charge in [-0.2, -0.15) is 0 Å². The smallest absolute Gasteiger partial charge is 0.260 e. The average Bonchev–Trinajstić information content (AvgIpc) is 2.89. The summed E-state index contributed by atoms with van der Waals surface area (Å²) in [5.41, 5.74) is 0.980. The minimum absolute atomic E-state index is 0.458. The predicted octanol–water partition coefficient (Wildman–Crippen LogP) is 4.13. The first-order chi connectivity index (χ1) is 8.92. The topological polar surface area (TPSA) is 35.3 Å². The monoisotopic (exact) mass is 237 g/mol. The van der Waals surface area contributed by atoms with E-state index in [2.05, 4.69) is 5.16 Å². The summed E-state index contributed by atoms with van der Waals surface area (Å²) in [4.78, 5) is 0. The van der Waals surface area contributed by atoms with Crippen LogP contribution in [0, 0.1) is 0 Å².